The summed E-state index contributed by atoms with van der Waals surface area (Å²) < 4.78 is 0.620. The Morgan fingerprint density at radius 1 is 2.00 bits per heavy atom. The van der Waals surface area contributed by atoms with Gasteiger partial charge in [-0.2, -0.15) is 0 Å². The van der Waals surface area contributed by atoms with Crippen LogP contribution in [-0.2, 0) is 0 Å². The zero-order valence-corrected chi connectivity index (χ0v) is 5.51. The highest BCUT2D eigenvalue weighted by Crippen LogP contribution is 1.83. The maximum absolute atomic E-state index is 4.61. The van der Waals surface area contributed by atoms with Crippen LogP contribution in [0.2, 0.25) is 0 Å². The molecule has 0 aromatic rings. The van der Waals surface area contributed by atoms with Gasteiger partial charge in [-0.15, -0.1) is 12.6 Å². The van der Waals surface area contributed by atoms with Gasteiger partial charge in [-0.25, -0.2) is 0 Å². The van der Waals surface area contributed by atoms with Gasteiger partial charge in [0.1, 0.15) is 4.32 Å². The molecular weight excluding hydrogens is 113 g/mol. The molecule has 0 aliphatic rings. The molecule has 6 heavy (non-hydrogen) atoms. The fraction of sp³-hybridized carbons (Fsp3) is 0.500. The predicted molar refractivity (Wildman–Crippen MR) is 37.9 cm³/mol. The van der Waals surface area contributed by atoms with Crippen LogP contribution in [-0.4, -0.2) is 24.2 Å². The van der Waals surface area contributed by atoms with E-state index in [9.17, 15) is 0 Å². The van der Waals surface area contributed by atoms with Crippen LogP contribution in [0, 0.1) is 0 Å². The minimum atomic E-state index is 0.620. The zero-order valence-electron chi connectivity index (χ0n) is 3.80. The van der Waals surface area contributed by atoms with E-state index in [2.05, 4.69) is 24.8 Å². The Hall–Kier alpha value is 0.305. The summed E-state index contributed by atoms with van der Waals surface area (Å²) in [4.78, 5) is 1.76. The average Bonchev–Trinajstić information content (AvgIpc) is 1.36. The van der Waals surface area contributed by atoms with E-state index in [0.717, 1.165) is 0 Å². The largest absolute Gasteiger partial charge is 0.411 e. The molecule has 0 aliphatic heterocycles. The van der Waals surface area contributed by atoms with Crippen molar-refractivity contribution in [3.63, 3.8) is 0 Å². The molecule has 0 aliphatic carbocycles. The molecule has 0 bridgehead atoms. The van der Waals surface area contributed by atoms with Gasteiger partial charge in [0, 0.05) is 0 Å². The highest BCUT2D eigenvalue weighted by molar-refractivity contribution is 8.11. The number of thiol groups is 1. The quantitative estimate of drug-likeness (QED) is 0.264. The second kappa shape index (κ2) is 2.47. The maximum Gasteiger partial charge on any atom is 0.218 e. The van der Waals surface area contributed by atoms with Crippen molar-refractivity contribution in [1.29, 1.82) is 0 Å². The Morgan fingerprint density at radius 3 is 2.17 bits per heavy atom. The molecule has 34 valence electrons. The summed E-state index contributed by atoms with van der Waals surface area (Å²) in [5.41, 5.74) is 0. The Labute approximate surface area is 49.6 Å². The lowest BCUT2D eigenvalue weighted by atomic mass is 10.4. The van der Waals surface area contributed by atoms with Crippen molar-refractivity contribution in [2.75, 3.05) is 7.05 Å². The molecular formula is C2H6BNS2. The molecule has 0 aromatic heterocycles. The number of hydrogen-bond acceptors (Lipinski definition) is 1. The Balaban J connectivity index is 3.26. The molecule has 0 heterocycles. The second-order valence-corrected chi connectivity index (χ2v) is 2.29. The van der Waals surface area contributed by atoms with Crippen molar-refractivity contribution in [2.24, 2.45) is 0 Å². The van der Waals surface area contributed by atoms with E-state index in [-0.39, 0.29) is 0 Å². The van der Waals surface area contributed by atoms with Gasteiger partial charge in [0.05, 0.1) is 0 Å². The summed E-state index contributed by atoms with van der Waals surface area (Å²) in [7, 11) is 3.71. The third-order valence-electron chi connectivity index (χ3n) is 0.383. The fourth-order valence-corrected chi connectivity index (χ4v) is 0. The number of nitrogens with zero attached hydrogens (tertiary/aromatic N) is 1. The number of hydrogen-bond donors (Lipinski definition) is 1. The maximum atomic E-state index is 4.61. The van der Waals surface area contributed by atoms with Crippen LogP contribution in [0.3, 0.4) is 0 Å². The van der Waals surface area contributed by atoms with Crippen molar-refractivity contribution in [2.45, 2.75) is 0 Å². The van der Waals surface area contributed by atoms with Crippen LogP contribution in [0.25, 0.3) is 0 Å². The van der Waals surface area contributed by atoms with E-state index in [1.165, 1.54) is 0 Å². The molecule has 0 fully saturated rings. The minimum Gasteiger partial charge on any atom is -0.411 e. The molecule has 0 radical (unpaired) electrons. The van der Waals surface area contributed by atoms with E-state index in [1.807, 2.05) is 15.0 Å². The van der Waals surface area contributed by atoms with Gasteiger partial charge in [-0.1, -0.05) is 12.2 Å². The van der Waals surface area contributed by atoms with Crippen LogP contribution < -0.4 is 0 Å². The van der Waals surface area contributed by atoms with Crippen LogP contribution in [0.4, 0.5) is 0 Å². The van der Waals surface area contributed by atoms with E-state index >= 15 is 0 Å². The Bertz CT molecular complexity index is 62.6. The van der Waals surface area contributed by atoms with Gasteiger partial charge in [0.25, 0.3) is 0 Å². The minimum absolute atomic E-state index is 0.620. The van der Waals surface area contributed by atoms with Crippen LogP contribution in [0.15, 0.2) is 0 Å². The highest BCUT2D eigenvalue weighted by atomic mass is 32.1. The molecule has 0 spiro atoms. The summed E-state index contributed by atoms with van der Waals surface area (Å²) in [6.45, 7) is 0. The number of thiocarbonyl (C=S) groups is 1. The summed E-state index contributed by atoms with van der Waals surface area (Å²) >= 11 is 8.46. The van der Waals surface area contributed by atoms with Gasteiger partial charge < -0.3 is 4.81 Å². The topological polar surface area (TPSA) is 3.24 Å². The molecule has 0 amide bonds. The number of rotatable bonds is 0. The van der Waals surface area contributed by atoms with Gasteiger partial charge >= 0.3 is 0 Å². The lowest BCUT2D eigenvalue weighted by molar-refractivity contribution is 0.854. The molecule has 0 saturated heterocycles. The third kappa shape index (κ3) is 2.54. The van der Waals surface area contributed by atoms with Crippen molar-refractivity contribution in [3.8, 4) is 0 Å². The van der Waals surface area contributed by atoms with Gasteiger partial charge in [-0.05, 0) is 7.05 Å². The normalized spacial score (nSPS) is 7.67. The monoisotopic (exact) mass is 119 g/mol. The SMILES string of the molecule is BN(C)C(=S)S. The summed E-state index contributed by atoms with van der Waals surface area (Å²) in [5.74, 6) is 0. The third-order valence-corrected chi connectivity index (χ3v) is 1.15. The second-order valence-electron chi connectivity index (χ2n) is 1.18. The van der Waals surface area contributed by atoms with Gasteiger partial charge in [-0.3, -0.25) is 0 Å². The molecule has 4 heteroatoms. The van der Waals surface area contributed by atoms with E-state index < -0.39 is 0 Å². The van der Waals surface area contributed by atoms with Crippen LogP contribution >= 0.6 is 24.8 Å². The first-order chi connectivity index (χ1) is 2.64. The standard InChI is InChI=1S/C2H6BNS2/c1-4(3)2(5)6/h3H2,1H3,(H,5,6). The fourth-order valence-electron chi connectivity index (χ4n) is 0. The molecule has 0 atom stereocenters. The molecule has 0 unspecified atom stereocenters. The molecule has 0 saturated carbocycles. The molecule has 0 N–H and O–H groups in total. The van der Waals surface area contributed by atoms with Crippen LogP contribution in [0.1, 0.15) is 0 Å². The smallest absolute Gasteiger partial charge is 0.218 e. The average molecular weight is 119 g/mol. The first kappa shape index (κ1) is 6.30. The first-order valence-corrected chi connectivity index (χ1v) is 2.40. The van der Waals surface area contributed by atoms with E-state index in [1.54, 1.807) is 4.81 Å². The van der Waals surface area contributed by atoms with Crippen molar-refractivity contribution in [3.05, 3.63) is 0 Å². The van der Waals surface area contributed by atoms with E-state index in [4.69, 9.17) is 0 Å². The summed E-state index contributed by atoms with van der Waals surface area (Å²) in [5, 5.41) is 0. The molecule has 0 rings (SSSR count). The summed E-state index contributed by atoms with van der Waals surface area (Å²) in [6, 6.07) is 0. The Kier molecular flexibility index (Phi) is 2.60. The van der Waals surface area contributed by atoms with Crippen molar-refractivity contribution >= 4 is 37.1 Å². The van der Waals surface area contributed by atoms with Gasteiger partial charge in [0.15, 0.2) is 0 Å². The zero-order chi connectivity index (χ0) is 5.15. The Morgan fingerprint density at radius 2 is 2.17 bits per heavy atom. The van der Waals surface area contributed by atoms with E-state index in [0.29, 0.717) is 4.32 Å². The molecule has 1 nitrogen and oxygen atoms in total. The van der Waals surface area contributed by atoms with Crippen LogP contribution in [0.5, 0.6) is 0 Å². The summed E-state index contributed by atoms with van der Waals surface area (Å²) in [6.07, 6.45) is 0. The van der Waals surface area contributed by atoms with Crippen molar-refractivity contribution in [1.82, 2.24) is 4.81 Å². The van der Waals surface area contributed by atoms with Gasteiger partial charge in [0.2, 0.25) is 7.98 Å². The highest BCUT2D eigenvalue weighted by Gasteiger charge is 1.83. The van der Waals surface area contributed by atoms with Crippen molar-refractivity contribution < 1.29 is 0 Å². The lowest BCUT2D eigenvalue weighted by Crippen LogP contribution is -2.15. The lowest BCUT2D eigenvalue weighted by Gasteiger charge is -2.05. The molecule has 0 aromatic carbocycles. The first-order valence-electron chi connectivity index (χ1n) is 1.55. The predicted octanol–water partition coefficient (Wildman–Crippen LogP) is -0.319.